The minimum absolute atomic E-state index is 0.0808. The van der Waals surface area contributed by atoms with Crippen molar-refractivity contribution in [2.24, 2.45) is 5.73 Å². The number of ether oxygens (including phenoxy) is 3. The van der Waals surface area contributed by atoms with Gasteiger partial charge in [0, 0.05) is 16.1 Å². The third-order valence-electron chi connectivity index (χ3n) is 4.82. The van der Waals surface area contributed by atoms with Crippen LogP contribution in [-0.2, 0) is 19.0 Å². The molecule has 0 fully saturated rings. The number of benzene rings is 1. The average molecular weight is 502 g/mol. The van der Waals surface area contributed by atoms with Crippen LogP contribution in [0, 0.1) is 11.3 Å². The quantitative estimate of drug-likeness (QED) is 0.598. The lowest BCUT2D eigenvalue weighted by atomic mass is 9.81. The molecule has 3 rings (SSSR count). The van der Waals surface area contributed by atoms with Gasteiger partial charge >= 0.3 is 12.1 Å². The number of nitrogens with two attached hydrogens (primary N) is 1. The Morgan fingerprint density at radius 1 is 1.34 bits per heavy atom. The van der Waals surface area contributed by atoms with Crippen molar-refractivity contribution in [3.63, 3.8) is 0 Å². The topological polar surface area (TPSA) is 117 Å². The lowest BCUT2D eigenvalue weighted by molar-refractivity contribution is -0.139. The highest BCUT2D eigenvalue weighted by atomic mass is 79.9. The fourth-order valence-corrected chi connectivity index (χ4v) is 4.27. The number of allylic oxidation sites excluding steroid dienone is 2. The summed E-state index contributed by atoms with van der Waals surface area (Å²) in [5.74, 6) is -1.26. The van der Waals surface area contributed by atoms with Gasteiger partial charge in [-0.1, -0.05) is 12.1 Å². The number of nitriles is 1. The number of fused-ring (bicyclic) bond motifs is 1. The van der Waals surface area contributed by atoms with E-state index in [0.717, 1.165) is 0 Å². The highest BCUT2D eigenvalue weighted by Crippen LogP contribution is 2.44. The lowest BCUT2D eigenvalue weighted by Crippen LogP contribution is -2.27. The van der Waals surface area contributed by atoms with Gasteiger partial charge in [-0.2, -0.15) is 5.26 Å². The number of aromatic nitrogens is 1. The van der Waals surface area contributed by atoms with E-state index in [2.05, 4.69) is 22.0 Å². The maximum Gasteiger partial charge on any atom is 0.419 e. The molecule has 0 radical (unpaired) electrons. The van der Waals surface area contributed by atoms with E-state index >= 15 is 0 Å². The van der Waals surface area contributed by atoms with Gasteiger partial charge in [-0.05, 0) is 62.2 Å². The number of hydrogen-bond donors (Lipinski definition) is 1. The van der Waals surface area contributed by atoms with E-state index in [1.165, 1.54) is 4.57 Å². The second-order valence-electron chi connectivity index (χ2n) is 8.18. The molecule has 0 spiro atoms. The van der Waals surface area contributed by atoms with Crippen LogP contribution in [0.3, 0.4) is 0 Å². The number of hydrogen-bond acceptors (Lipinski definition) is 7. The molecule has 9 heteroatoms. The van der Waals surface area contributed by atoms with Gasteiger partial charge in [0.15, 0.2) is 0 Å². The van der Waals surface area contributed by atoms with Crippen molar-refractivity contribution in [1.29, 1.82) is 5.26 Å². The molecule has 0 amide bonds. The maximum absolute atomic E-state index is 12.8. The van der Waals surface area contributed by atoms with Gasteiger partial charge < -0.3 is 19.9 Å². The smallest absolute Gasteiger partial charge is 0.419 e. The van der Waals surface area contributed by atoms with Gasteiger partial charge in [0.25, 0.3) is 0 Å². The van der Waals surface area contributed by atoms with Gasteiger partial charge in [-0.15, -0.1) is 0 Å². The van der Waals surface area contributed by atoms with Crippen molar-refractivity contribution < 1.29 is 23.8 Å². The Bertz CT molecular complexity index is 1210. The first-order valence-electron chi connectivity index (χ1n) is 9.98. The molecule has 0 aliphatic carbocycles. The van der Waals surface area contributed by atoms with Crippen LogP contribution < -0.4 is 5.73 Å². The molecule has 1 unspecified atom stereocenters. The first kappa shape index (κ1) is 23.4. The molecule has 1 aliphatic rings. The van der Waals surface area contributed by atoms with Gasteiger partial charge in [-0.25, -0.2) is 9.59 Å². The van der Waals surface area contributed by atoms with Crippen LogP contribution in [-0.4, -0.2) is 28.8 Å². The average Bonchev–Trinajstić information content (AvgIpc) is 3.03. The molecular formula is C23H24BrN3O5. The molecular weight excluding hydrogens is 478 g/mol. The number of carbonyl (C=O) groups is 2. The molecule has 2 heterocycles. The first-order valence-corrected chi connectivity index (χ1v) is 10.8. The standard InChI is InChI=1S/C23H24BrN3O5/c1-6-30-21(28)17-12(2)31-20(26)14(10-25)18(17)13-8-7-9-16-19(13)15(24)11-27(16)22(29)32-23(3,4)5/h7-9,11,18H,6,26H2,1-5H3. The van der Waals surface area contributed by atoms with Crippen LogP contribution >= 0.6 is 15.9 Å². The van der Waals surface area contributed by atoms with E-state index in [0.29, 0.717) is 20.9 Å². The predicted octanol–water partition coefficient (Wildman–Crippen LogP) is 4.83. The third-order valence-corrected chi connectivity index (χ3v) is 5.42. The van der Waals surface area contributed by atoms with Crippen molar-refractivity contribution >= 4 is 38.9 Å². The Morgan fingerprint density at radius 3 is 2.62 bits per heavy atom. The van der Waals surface area contributed by atoms with E-state index < -0.39 is 23.6 Å². The Hall–Kier alpha value is -3.25. The van der Waals surface area contributed by atoms with Crippen molar-refractivity contribution in [1.82, 2.24) is 4.57 Å². The van der Waals surface area contributed by atoms with Crippen molar-refractivity contribution in [2.75, 3.05) is 6.61 Å². The molecule has 1 aromatic carbocycles. The third kappa shape index (κ3) is 4.23. The monoisotopic (exact) mass is 501 g/mol. The number of nitrogens with zero attached hydrogens (tertiary/aromatic N) is 2. The summed E-state index contributed by atoms with van der Waals surface area (Å²) in [6, 6.07) is 7.34. The number of esters is 1. The minimum atomic E-state index is -0.831. The second-order valence-corrected chi connectivity index (χ2v) is 9.04. The van der Waals surface area contributed by atoms with Gasteiger partial charge in [0.05, 0.1) is 23.6 Å². The maximum atomic E-state index is 12.8. The van der Waals surface area contributed by atoms with Gasteiger partial charge in [0.1, 0.15) is 23.0 Å². The zero-order valence-corrected chi connectivity index (χ0v) is 20.1. The van der Waals surface area contributed by atoms with E-state index in [-0.39, 0.29) is 29.4 Å². The molecule has 1 atom stereocenters. The summed E-state index contributed by atoms with van der Waals surface area (Å²) in [7, 11) is 0. The normalized spacial score (nSPS) is 16.6. The summed E-state index contributed by atoms with van der Waals surface area (Å²) >= 11 is 3.52. The van der Waals surface area contributed by atoms with Crippen molar-refractivity contribution in [3.05, 3.63) is 57.2 Å². The molecule has 2 N–H and O–H groups in total. The highest BCUT2D eigenvalue weighted by molar-refractivity contribution is 9.10. The molecule has 32 heavy (non-hydrogen) atoms. The number of halogens is 1. The highest BCUT2D eigenvalue weighted by Gasteiger charge is 2.38. The SMILES string of the molecule is CCOC(=O)C1=C(C)OC(N)=C(C#N)C1c1cccc2c1c(Br)cn2C(=O)OC(C)(C)C. The molecule has 0 saturated carbocycles. The Morgan fingerprint density at radius 2 is 2.03 bits per heavy atom. The molecule has 2 aromatic rings. The largest absolute Gasteiger partial charge is 0.463 e. The van der Waals surface area contributed by atoms with Crippen LogP contribution in [0.25, 0.3) is 10.9 Å². The minimum Gasteiger partial charge on any atom is -0.463 e. The fourth-order valence-electron chi connectivity index (χ4n) is 3.63. The molecule has 0 saturated heterocycles. The Balaban J connectivity index is 2.27. The van der Waals surface area contributed by atoms with E-state index in [1.54, 1.807) is 59.0 Å². The molecule has 0 bridgehead atoms. The van der Waals surface area contributed by atoms with Gasteiger partial charge in [0.2, 0.25) is 5.88 Å². The second kappa shape index (κ2) is 8.71. The van der Waals surface area contributed by atoms with E-state index in [4.69, 9.17) is 19.9 Å². The van der Waals surface area contributed by atoms with Crippen LogP contribution in [0.2, 0.25) is 0 Å². The van der Waals surface area contributed by atoms with E-state index in [1.807, 2.05) is 0 Å². The molecule has 8 nitrogen and oxygen atoms in total. The van der Waals surface area contributed by atoms with Crippen LogP contribution in [0.4, 0.5) is 4.79 Å². The summed E-state index contributed by atoms with van der Waals surface area (Å²) < 4.78 is 18.2. The van der Waals surface area contributed by atoms with Crippen LogP contribution in [0.5, 0.6) is 0 Å². The number of carbonyl (C=O) groups excluding carboxylic acids is 2. The Kier molecular flexibility index (Phi) is 6.37. The van der Waals surface area contributed by atoms with Crippen molar-refractivity contribution in [3.8, 4) is 6.07 Å². The molecule has 1 aliphatic heterocycles. The summed E-state index contributed by atoms with van der Waals surface area (Å²) in [5.41, 5.74) is 6.74. The zero-order valence-electron chi connectivity index (χ0n) is 18.5. The van der Waals surface area contributed by atoms with Crippen LogP contribution in [0.1, 0.15) is 46.1 Å². The molecule has 1 aromatic heterocycles. The summed E-state index contributed by atoms with van der Waals surface area (Å²) in [4.78, 5) is 25.6. The lowest BCUT2D eigenvalue weighted by Gasteiger charge is -2.27. The zero-order chi connectivity index (χ0) is 23.8. The fraction of sp³-hybridized carbons (Fsp3) is 0.348. The number of rotatable bonds is 3. The van der Waals surface area contributed by atoms with E-state index in [9.17, 15) is 14.9 Å². The summed E-state index contributed by atoms with van der Waals surface area (Å²) in [6.45, 7) is 8.80. The molecule has 168 valence electrons. The van der Waals surface area contributed by atoms with Crippen molar-refractivity contribution in [2.45, 2.75) is 46.1 Å². The predicted molar refractivity (Wildman–Crippen MR) is 121 cm³/mol. The Labute approximate surface area is 194 Å². The summed E-state index contributed by atoms with van der Waals surface area (Å²) in [5, 5.41) is 10.5. The van der Waals surface area contributed by atoms with Crippen LogP contribution in [0.15, 0.2) is 51.7 Å². The van der Waals surface area contributed by atoms with Gasteiger partial charge in [-0.3, -0.25) is 4.57 Å². The first-order chi connectivity index (χ1) is 15.0. The summed E-state index contributed by atoms with van der Waals surface area (Å²) in [6.07, 6.45) is 1.05.